The highest BCUT2D eigenvalue weighted by molar-refractivity contribution is 6.09. The third-order valence-electron chi connectivity index (χ3n) is 2.97. The lowest BCUT2D eigenvalue weighted by molar-refractivity contribution is 0.103. The van der Waals surface area contributed by atoms with Crippen LogP contribution in [0.25, 0.3) is 0 Å². The fraction of sp³-hybridized carbons (Fsp3) is 0.167. The Morgan fingerprint density at radius 3 is 2.00 bits per heavy atom. The minimum absolute atomic E-state index is 0.113. The average molecular weight is 280 g/mol. The maximum absolute atomic E-state index is 12.3. The summed E-state index contributed by atoms with van der Waals surface area (Å²) >= 11 is 0. The number of hydrogen-bond acceptors (Lipinski definition) is 3. The Hall–Kier alpha value is -2.73. The SMILES string of the molecule is C#CC(C)(C)Oc1ccc(C(=O)c2ccc(O)cc2)cc1. The van der Waals surface area contributed by atoms with Crippen LogP contribution in [0, 0.1) is 12.3 Å². The quantitative estimate of drug-likeness (QED) is 0.689. The summed E-state index contributed by atoms with van der Waals surface area (Å²) < 4.78 is 5.63. The zero-order valence-electron chi connectivity index (χ0n) is 12.0. The standard InChI is InChI=1S/C18H16O3/c1-4-18(2,3)21-16-11-7-14(8-12-16)17(20)13-5-9-15(19)10-6-13/h1,5-12,19H,2-3H3. The van der Waals surface area contributed by atoms with Crippen molar-refractivity contribution in [2.75, 3.05) is 0 Å². The number of terminal acetylenes is 1. The van der Waals surface area contributed by atoms with E-state index in [4.69, 9.17) is 11.2 Å². The Balaban J connectivity index is 2.17. The summed E-state index contributed by atoms with van der Waals surface area (Å²) in [5.74, 6) is 3.17. The van der Waals surface area contributed by atoms with Crippen molar-refractivity contribution in [2.45, 2.75) is 19.4 Å². The van der Waals surface area contributed by atoms with Gasteiger partial charge in [-0.1, -0.05) is 5.92 Å². The molecule has 0 bridgehead atoms. The number of carbonyl (C=O) groups excluding carboxylic acids is 1. The number of aromatic hydroxyl groups is 1. The van der Waals surface area contributed by atoms with Crippen LogP contribution in [0.4, 0.5) is 0 Å². The van der Waals surface area contributed by atoms with Crippen LogP contribution in [0.15, 0.2) is 48.5 Å². The van der Waals surface area contributed by atoms with Crippen LogP contribution >= 0.6 is 0 Å². The van der Waals surface area contributed by atoms with Crippen LogP contribution in [0.5, 0.6) is 11.5 Å². The van der Waals surface area contributed by atoms with Crippen LogP contribution in [-0.4, -0.2) is 16.5 Å². The van der Waals surface area contributed by atoms with Gasteiger partial charge in [0.15, 0.2) is 11.4 Å². The Morgan fingerprint density at radius 2 is 1.52 bits per heavy atom. The summed E-state index contributed by atoms with van der Waals surface area (Å²) in [5, 5.41) is 9.23. The highest BCUT2D eigenvalue weighted by atomic mass is 16.5. The molecule has 3 heteroatoms. The number of hydrogen-bond donors (Lipinski definition) is 1. The second-order valence-electron chi connectivity index (χ2n) is 5.16. The van der Waals surface area contributed by atoms with E-state index in [2.05, 4.69) is 5.92 Å². The first kappa shape index (κ1) is 14.7. The van der Waals surface area contributed by atoms with E-state index in [0.29, 0.717) is 16.9 Å². The van der Waals surface area contributed by atoms with E-state index in [9.17, 15) is 9.90 Å². The molecule has 0 atom stereocenters. The Morgan fingerprint density at radius 1 is 1.05 bits per heavy atom. The van der Waals surface area contributed by atoms with E-state index in [-0.39, 0.29) is 11.5 Å². The van der Waals surface area contributed by atoms with Crippen molar-refractivity contribution < 1.29 is 14.6 Å². The lowest BCUT2D eigenvalue weighted by Crippen LogP contribution is -2.25. The van der Waals surface area contributed by atoms with E-state index >= 15 is 0 Å². The van der Waals surface area contributed by atoms with Crippen LogP contribution < -0.4 is 4.74 Å². The van der Waals surface area contributed by atoms with Crippen molar-refractivity contribution in [3.05, 3.63) is 59.7 Å². The van der Waals surface area contributed by atoms with Crippen molar-refractivity contribution in [1.29, 1.82) is 0 Å². The number of phenolic OH excluding ortho intramolecular Hbond substituents is 1. The summed E-state index contributed by atoms with van der Waals surface area (Å²) in [4.78, 5) is 12.3. The highest BCUT2D eigenvalue weighted by Crippen LogP contribution is 2.20. The fourth-order valence-corrected chi connectivity index (χ4v) is 1.78. The molecule has 0 heterocycles. The molecule has 0 fully saturated rings. The van der Waals surface area contributed by atoms with E-state index in [1.54, 1.807) is 50.2 Å². The minimum Gasteiger partial charge on any atom is -0.508 e. The number of ketones is 1. The second kappa shape index (κ2) is 5.72. The van der Waals surface area contributed by atoms with Gasteiger partial charge in [0.2, 0.25) is 0 Å². The third-order valence-corrected chi connectivity index (χ3v) is 2.97. The van der Waals surface area contributed by atoms with Crippen LogP contribution in [0.3, 0.4) is 0 Å². The first-order valence-electron chi connectivity index (χ1n) is 6.52. The van der Waals surface area contributed by atoms with E-state index < -0.39 is 5.60 Å². The van der Waals surface area contributed by atoms with Crippen molar-refractivity contribution >= 4 is 5.78 Å². The normalized spacial score (nSPS) is 10.7. The average Bonchev–Trinajstić information content (AvgIpc) is 2.48. The van der Waals surface area contributed by atoms with Crippen molar-refractivity contribution in [2.24, 2.45) is 0 Å². The molecule has 3 nitrogen and oxygen atoms in total. The van der Waals surface area contributed by atoms with Crippen molar-refractivity contribution in [3.63, 3.8) is 0 Å². The Bertz CT molecular complexity index is 674. The molecular weight excluding hydrogens is 264 g/mol. The minimum atomic E-state index is -0.692. The van der Waals surface area contributed by atoms with Crippen LogP contribution in [0.1, 0.15) is 29.8 Å². The van der Waals surface area contributed by atoms with Crippen LogP contribution in [-0.2, 0) is 0 Å². The summed E-state index contributed by atoms with van der Waals surface area (Å²) in [6.45, 7) is 3.59. The van der Waals surface area contributed by atoms with E-state index in [1.165, 1.54) is 12.1 Å². The first-order chi connectivity index (χ1) is 9.91. The van der Waals surface area contributed by atoms with Gasteiger partial charge in [-0.05, 0) is 62.4 Å². The molecule has 0 spiro atoms. The van der Waals surface area contributed by atoms with E-state index in [1.807, 2.05) is 0 Å². The summed E-state index contributed by atoms with van der Waals surface area (Å²) in [7, 11) is 0. The third kappa shape index (κ3) is 3.64. The van der Waals surface area contributed by atoms with Gasteiger partial charge in [0.25, 0.3) is 0 Å². The molecule has 0 aliphatic rings. The molecule has 2 aromatic carbocycles. The molecule has 0 unspecified atom stereocenters. The van der Waals surface area contributed by atoms with Gasteiger partial charge in [0.1, 0.15) is 11.5 Å². The number of ether oxygens (including phenoxy) is 1. The van der Waals surface area contributed by atoms with Crippen molar-refractivity contribution in [1.82, 2.24) is 0 Å². The monoisotopic (exact) mass is 280 g/mol. The molecule has 0 aliphatic heterocycles. The molecule has 21 heavy (non-hydrogen) atoms. The molecule has 0 amide bonds. The topological polar surface area (TPSA) is 46.5 Å². The van der Waals surface area contributed by atoms with Gasteiger partial charge in [-0.15, -0.1) is 6.42 Å². The van der Waals surface area contributed by atoms with Gasteiger partial charge >= 0.3 is 0 Å². The molecule has 2 aromatic rings. The maximum Gasteiger partial charge on any atom is 0.193 e. The largest absolute Gasteiger partial charge is 0.508 e. The van der Waals surface area contributed by atoms with Gasteiger partial charge in [0.05, 0.1) is 0 Å². The molecule has 0 aliphatic carbocycles. The molecule has 0 saturated heterocycles. The van der Waals surface area contributed by atoms with Gasteiger partial charge in [-0.3, -0.25) is 4.79 Å². The molecule has 2 rings (SSSR count). The Labute approximate surface area is 124 Å². The summed E-state index contributed by atoms with van der Waals surface area (Å²) in [5.41, 5.74) is 0.375. The molecular formula is C18H16O3. The molecule has 106 valence electrons. The Kier molecular flexibility index (Phi) is 4.00. The summed E-state index contributed by atoms with van der Waals surface area (Å²) in [6.07, 6.45) is 5.37. The molecule has 1 N–H and O–H groups in total. The lowest BCUT2D eigenvalue weighted by Gasteiger charge is -2.20. The molecule has 0 saturated carbocycles. The predicted octanol–water partition coefficient (Wildman–Crippen LogP) is 3.41. The second-order valence-corrected chi connectivity index (χ2v) is 5.16. The molecule has 0 radical (unpaired) electrons. The van der Waals surface area contributed by atoms with Gasteiger partial charge < -0.3 is 9.84 Å². The highest BCUT2D eigenvalue weighted by Gasteiger charge is 2.16. The van der Waals surface area contributed by atoms with E-state index in [0.717, 1.165) is 0 Å². The summed E-state index contributed by atoms with van der Waals surface area (Å²) in [6, 6.07) is 13.0. The zero-order chi connectivity index (χ0) is 15.5. The van der Waals surface area contributed by atoms with Gasteiger partial charge in [-0.25, -0.2) is 0 Å². The van der Waals surface area contributed by atoms with Gasteiger partial charge in [0, 0.05) is 11.1 Å². The fourth-order valence-electron chi connectivity index (χ4n) is 1.78. The van der Waals surface area contributed by atoms with Gasteiger partial charge in [-0.2, -0.15) is 0 Å². The number of benzene rings is 2. The van der Waals surface area contributed by atoms with Crippen LogP contribution in [0.2, 0.25) is 0 Å². The maximum atomic E-state index is 12.3. The number of phenols is 1. The molecule has 0 aromatic heterocycles. The predicted molar refractivity (Wildman–Crippen MR) is 81.5 cm³/mol. The first-order valence-corrected chi connectivity index (χ1v) is 6.52. The number of rotatable bonds is 4. The lowest BCUT2D eigenvalue weighted by atomic mass is 10.0. The zero-order valence-corrected chi connectivity index (χ0v) is 12.0. The number of carbonyl (C=O) groups is 1. The smallest absolute Gasteiger partial charge is 0.193 e. The van der Waals surface area contributed by atoms with Crippen molar-refractivity contribution in [3.8, 4) is 23.8 Å².